The van der Waals surface area contributed by atoms with Crippen LogP contribution in [0.15, 0.2) is 0 Å². The van der Waals surface area contributed by atoms with Gasteiger partial charge in [0.25, 0.3) is 0 Å². The molecule has 0 unspecified atom stereocenters. The van der Waals surface area contributed by atoms with Gasteiger partial charge in [0.15, 0.2) is 0 Å². The summed E-state index contributed by atoms with van der Waals surface area (Å²) >= 11 is 0. The van der Waals surface area contributed by atoms with E-state index in [1.165, 1.54) is 238 Å². The van der Waals surface area contributed by atoms with Crippen molar-refractivity contribution in [1.29, 1.82) is 0 Å². The van der Waals surface area contributed by atoms with Crippen LogP contribution in [0.4, 0.5) is 0 Å². The highest BCUT2D eigenvalue weighted by atomic mass is 16.5. The quantitative estimate of drug-likeness (QED) is 0.0487. The zero-order chi connectivity index (χ0) is 33.3. The van der Waals surface area contributed by atoms with Crippen molar-refractivity contribution in [2.75, 3.05) is 6.61 Å². The van der Waals surface area contributed by atoms with Gasteiger partial charge in [-0.25, -0.2) is 0 Å². The van der Waals surface area contributed by atoms with E-state index in [9.17, 15) is 4.79 Å². The molecule has 0 atom stereocenters. The van der Waals surface area contributed by atoms with E-state index in [4.69, 9.17) is 4.74 Å². The maximum absolute atomic E-state index is 12.0. The maximum atomic E-state index is 12.0. The Morgan fingerprint density at radius 2 is 0.478 bits per heavy atom. The SMILES string of the molecule is CCCCCCCCCCCCCCCCCCCCCCCCCC(=O)OCCCCCCCCCCCCCCCCCC. The molecule has 0 saturated heterocycles. The molecule has 0 bridgehead atoms. The molecule has 0 rings (SSSR count). The molecule has 0 aliphatic heterocycles. The van der Waals surface area contributed by atoms with E-state index in [-0.39, 0.29) is 5.97 Å². The molecular formula is C44H88O2. The highest BCUT2D eigenvalue weighted by Gasteiger charge is 2.03. The molecule has 0 saturated carbocycles. The summed E-state index contributed by atoms with van der Waals surface area (Å²) < 4.78 is 5.47. The molecule has 276 valence electrons. The highest BCUT2D eigenvalue weighted by molar-refractivity contribution is 5.69. The first-order chi connectivity index (χ1) is 22.8. The zero-order valence-electron chi connectivity index (χ0n) is 32.3. The van der Waals surface area contributed by atoms with E-state index in [1.54, 1.807) is 0 Å². The van der Waals surface area contributed by atoms with E-state index in [2.05, 4.69) is 13.8 Å². The fourth-order valence-electron chi connectivity index (χ4n) is 6.96. The van der Waals surface area contributed by atoms with Crippen LogP contribution in [-0.2, 0) is 9.53 Å². The monoisotopic (exact) mass is 649 g/mol. The van der Waals surface area contributed by atoms with Crippen molar-refractivity contribution in [3.63, 3.8) is 0 Å². The summed E-state index contributed by atoms with van der Waals surface area (Å²) in [6.07, 6.45) is 54.9. The molecule has 0 fully saturated rings. The van der Waals surface area contributed by atoms with Crippen LogP contribution in [0.2, 0.25) is 0 Å². The van der Waals surface area contributed by atoms with Gasteiger partial charge in [0, 0.05) is 6.42 Å². The Kier molecular flexibility index (Phi) is 42.0. The predicted octanol–water partition coefficient (Wildman–Crippen LogP) is 16.2. The van der Waals surface area contributed by atoms with Crippen molar-refractivity contribution in [2.24, 2.45) is 0 Å². The Hall–Kier alpha value is -0.530. The second-order valence-corrected chi connectivity index (χ2v) is 15.1. The molecular weight excluding hydrogens is 560 g/mol. The molecule has 2 nitrogen and oxygen atoms in total. The molecule has 0 heterocycles. The van der Waals surface area contributed by atoms with E-state index < -0.39 is 0 Å². The second kappa shape index (κ2) is 42.5. The van der Waals surface area contributed by atoms with Gasteiger partial charge in [-0.1, -0.05) is 251 Å². The van der Waals surface area contributed by atoms with E-state index in [0.29, 0.717) is 13.0 Å². The Bertz CT molecular complexity index is 544. The molecule has 0 aromatic carbocycles. The lowest BCUT2D eigenvalue weighted by Crippen LogP contribution is -2.05. The van der Waals surface area contributed by atoms with E-state index in [1.807, 2.05) is 0 Å². The van der Waals surface area contributed by atoms with Crippen molar-refractivity contribution in [3.05, 3.63) is 0 Å². The zero-order valence-corrected chi connectivity index (χ0v) is 32.3. The van der Waals surface area contributed by atoms with Crippen LogP contribution in [0.25, 0.3) is 0 Å². The van der Waals surface area contributed by atoms with Gasteiger partial charge in [-0.15, -0.1) is 0 Å². The Morgan fingerprint density at radius 3 is 0.717 bits per heavy atom. The number of unbranched alkanes of at least 4 members (excludes halogenated alkanes) is 37. The lowest BCUT2D eigenvalue weighted by atomic mass is 10.0. The van der Waals surface area contributed by atoms with Crippen LogP contribution in [0.1, 0.15) is 271 Å². The topological polar surface area (TPSA) is 26.3 Å². The molecule has 0 N–H and O–H groups in total. The first-order valence-corrected chi connectivity index (χ1v) is 22.0. The number of esters is 1. The van der Waals surface area contributed by atoms with Crippen LogP contribution in [0, 0.1) is 0 Å². The average Bonchev–Trinajstić information content (AvgIpc) is 3.06. The fourth-order valence-corrected chi connectivity index (χ4v) is 6.96. The molecule has 0 aromatic heterocycles. The summed E-state index contributed by atoms with van der Waals surface area (Å²) in [5.41, 5.74) is 0. The van der Waals surface area contributed by atoms with Crippen molar-refractivity contribution in [1.82, 2.24) is 0 Å². The van der Waals surface area contributed by atoms with Gasteiger partial charge < -0.3 is 4.74 Å². The summed E-state index contributed by atoms with van der Waals surface area (Å²) in [5.74, 6) is 0.0319. The standard InChI is InChI=1S/C44H88O2/c1-3-5-7-9-11-13-15-17-19-21-22-23-24-25-26-27-28-30-32-34-36-38-40-42-44(45)46-43-41-39-37-35-33-31-29-20-18-16-14-12-10-8-6-4-2/h3-43H2,1-2H3. The van der Waals surface area contributed by atoms with Crippen molar-refractivity contribution in [3.8, 4) is 0 Å². The van der Waals surface area contributed by atoms with Crippen LogP contribution in [-0.4, -0.2) is 12.6 Å². The summed E-state index contributed by atoms with van der Waals surface area (Å²) in [7, 11) is 0. The Morgan fingerprint density at radius 1 is 0.283 bits per heavy atom. The normalized spacial score (nSPS) is 11.4. The van der Waals surface area contributed by atoms with Crippen LogP contribution in [0.5, 0.6) is 0 Å². The molecule has 0 aliphatic rings. The third kappa shape index (κ3) is 41.5. The van der Waals surface area contributed by atoms with Crippen LogP contribution >= 0.6 is 0 Å². The number of hydrogen-bond donors (Lipinski definition) is 0. The van der Waals surface area contributed by atoms with Gasteiger partial charge in [-0.3, -0.25) is 4.79 Å². The van der Waals surface area contributed by atoms with Crippen molar-refractivity contribution < 1.29 is 9.53 Å². The predicted molar refractivity (Wildman–Crippen MR) is 207 cm³/mol. The molecule has 0 aromatic rings. The third-order valence-corrected chi connectivity index (χ3v) is 10.2. The number of ether oxygens (including phenoxy) is 1. The summed E-state index contributed by atoms with van der Waals surface area (Å²) in [6.45, 7) is 5.23. The van der Waals surface area contributed by atoms with Gasteiger partial charge in [0.2, 0.25) is 0 Å². The molecule has 0 spiro atoms. The molecule has 0 aliphatic carbocycles. The molecule has 46 heavy (non-hydrogen) atoms. The van der Waals surface area contributed by atoms with Crippen LogP contribution in [0.3, 0.4) is 0 Å². The summed E-state index contributed by atoms with van der Waals surface area (Å²) in [4.78, 5) is 12.0. The van der Waals surface area contributed by atoms with Gasteiger partial charge >= 0.3 is 5.97 Å². The van der Waals surface area contributed by atoms with Gasteiger partial charge in [0.05, 0.1) is 6.61 Å². The Labute approximate surface area is 292 Å². The summed E-state index contributed by atoms with van der Waals surface area (Å²) in [5, 5.41) is 0. The highest BCUT2D eigenvalue weighted by Crippen LogP contribution is 2.17. The van der Waals surface area contributed by atoms with Gasteiger partial charge in [0.1, 0.15) is 0 Å². The second-order valence-electron chi connectivity index (χ2n) is 15.1. The third-order valence-electron chi connectivity index (χ3n) is 10.2. The molecule has 0 radical (unpaired) electrons. The average molecular weight is 649 g/mol. The Balaban J connectivity index is 3.14. The maximum Gasteiger partial charge on any atom is 0.305 e. The largest absolute Gasteiger partial charge is 0.466 e. The molecule has 0 amide bonds. The fraction of sp³-hybridized carbons (Fsp3) is 0.977. The van der Waals surface area contributed by atoms with Gasteiger partial charge in [-0.05, 0) is 12.8 Å². The lowest BCUT2D eigenvalue weighted by Gasteiger charge is -2.06. The number of rotatable bonds is 41. The van der Waals surface area contributed by atoms with Crippen LogP contribution < -0.4 is 0 Å². The van der Waals surface area contributed by atoms with E-state index >= 15 is 0 Å². The lowest BCUT2D eigenvalue weighted by molar-refractivity contribution is -0.143. The van der Waals surface area contributed by atoms with Gasteiger partial charge in [-0.2, -0.15) is 0 Å². The minimum atomic E-state index is 0.0319. The minimum absolute atomic E-state index is 0.0319. The number of hydrogen-bond acceptors (Lipinski definition) is 2. The smallest absolute Gasteiger partial charge is 0.305 e. The van der Waals surface area contributed by atoms with Crippen molar-refractivity contribution >= 4 is 5.97 Å². The minimum Gasteiger partial charge on any atom is -0.466 e. The number of carbonyl (C=O) groups is 1. The molecule has 2 heteroatoms. The first kappa shape index (κ1) is 45.5. The first-order valence-electron chi connectivity index (χ1n) is 22.0. The van der Waals surface area contributed by atoms with Crippen molar-refractivity contribution in [2.45, 2.75) is 271 Å². The number of carbonyl (C=O) groups excluding carboxylic acids is 1. The summed E-state index contributed by atoms with van der Waals surface area (Å²) in [6, 6.07) is 0. The van der Waals surface area contributed by atoms with E-state index in [0.717, 1.165) is 12.8 Å².